The molecule has 2 N–H and O–H groups in total. The molecule has 1 atom stereocenters. The van der Waals surface area contributed by atoms with E-state index in [1.54, 1.807) is 18.2 Å². The highest BCUT2D eigenvalue weighted by Gasteiger charge is 2.23. The summed E-state index contributed by atoms with van der Waals surface area (Å²) in [5.41, 5.74) is 0.524. The van der Waals surface area contributed by atoms with Gasteiger partial charge in [0.2, 0.25) is 0 Å². The Labute approximate surface area is 116 Å². The van der Waals surface area contributed by atoms with Gasteiger partial charge in [0.15, 0.2) is 11.5 Å². The first-order valence-corrected chi connectivity index (χ1v) is 5.78. The van der Waals surface area contributed by atoms with Crippen molar-refractivity contribution in [3.8, 4) is 11.5 Å². The number of carbonyl (C=O) groups excluding carboxylic acids is 1. The quantitative estimate of drug-likeness (QED) is 0.707. The Morgan fingerprint density at radius 3 is 2.35 bits per heavy atom. The van der Waals surface area contributed by atoms with E-state index in [1.165, 1.54) is 21.3 Å². The van der Waals surface area contributed by atoms with Crippen LogP contribution in [-0.4, -0.2) is 44.9 Å². The first kappa shape index (κ1) is 15.8. The predicted molar refractivity (Wildman–Crippen MR) is 69.9 cm³/mol. The van der Waals surface area contributed by atoms with E-state index in [-0.39, 0.29) is 6.54 Å². The highest BCUT2D eigenvalue weighted by Crippen LogP contribution is 2.30. The van der Waals surface area contributed by atoms with Gasteiger partial charge in [0.25, 0.3) is 0 Å². The van der Waals surface area contributed by atoms with E-state index in [0.29, 0.717) is 17.1 Å². The van der Waals surface area contributed by atoms with Crippen LogP contribution in [0.3, 0.4) is 0 Å². The SMILES string of the molecule is COC(=O)C(NCC(=O)O)c1ccc(OC)c(OC)c1. The van der Waals surface area contributed by atoms with Crippen molar-refractivity contribution < 1.29 is 28.9 Å². The second-order valence-corrected chi connectivity index (χ2v) is 3.85. The Morgan fingerprint density at radius 2 is 1.85 bits per heavy atom. The molecule has 0 aliphatic heterocycles. The number of carbonyl (C=O) groups is 2. The van der Waals surface area contributed by atoms with Gasteiger partial charge < -0.3 is 19.3 Å². The lowest BCUT2D eigenvalue weighted by Gasteiger charge is -2.17. The van der Waals surface area contributed by atoms with Crippen LogP contribution in [0.1, 0.15) is 11.6 Å². The molecular weight excluding hydrogens is 266 g/mol. The monoisotopic (exact) mass is 283 g/mol. The summed E-state index contributed by atoms with van der Waals surface area (Å²) >= 11 is 0. The molecule has 1 aromatic rings. The third-order valence-electron chi connectivity index (χ3n) is 2.64. The normalized spacial score (nSPS) is 11.6. The summed E-state index contributed by atoms with van der Waals surface area (Å²) in [6, 6.07) is 3.97. The topological polar surface area (TPSA) is 94.1 Å². The number of aliphatic carboxylic acids is 1. The third kappa shape index (κ3) is 3.86. The van der Waals surface area contributed by atoms with Crippen molar-refractivity contribution in [2.45, 2.75) is 6.04 Å². The van der Waals surface area contributed by atoms with Gasteiger partial charge in [-0.1, -0.05) is 6.07 Å². The predicted octanol–water partition coefficient (Wildman–Crippen LogP) is 0.592. The van der Waals surface area contributed by atoms with Gasteiger partial charge in [-0.15, -0.1) is 0 Å². The molecule has 7 heteroatoms. The van der Waals surface area contributed by atoms with Gasteiger partial charge in [0.05, 0.1) is 27.9 Å². The maximum absolute atomic E-state index is 11.7. The molecule has 110 valence electrons. The Balaban J connectivity index is 3.06. The van der Waals surface area contributed by atoms with Gasteiger partial charge in [0.1, 0.15) is 6.04 Å². The molecule has 0 aliphatic rings. The van der Waals surface area contributed by atoms with Crippen molar-refractivity contribution >= 4 is 11.9 Å². The minimum Gasteiger partial charge on any atom is -0.493 e. The molecule has 0 bridgehead atoms. The summed E-state index contributed by atoms with van der Waals surface area (Å²) in [5, 5.41) is 11.3. The van der Waals surface area contributed by atoms with E-state index in [2.05, 4.69) is 10.1 Å². The first-order valence-electron chi connectivity index (χ1n) is 5.78. The average Bonchev–Trinajstić information content (AvgIpc) is 2.46. The van der Waals surface area contributed by atoms with E-state index in [9.17, 15) is 9.59 Å². The summed E-state index contributed by atoms with van der Waals surface area (Å²) < 4.78 is 14.9. The molecule has 0 radical (unpaired) electrons. The zero-order valence-electron chi connectivity index (χ0n) is 11.5. The van der Waals surface area contributed by atoms with Crippen LogP contribution in [0.25, 0.3) is 0 Å². The lowest BCUT2D eigenvalue weighted by Crippen LogP contribution is -2.33. The molecule has 0 aromatic heterocycles. The Kier molecular flexibility index (Phi) is 5.79. The van der Waals surface area contributed by atoms with Crippen molar-refractivity contribution in [1.82, 2.24) is 5.32 Å². The number of hydrogen-bond acceptors (Lipinski definition) is 6. The van der Waals surface area contributed by atoms with Gasteiger partial charge in [-0.2, -0.15) is 0 Å². The minimum absolute atomic E-state index is 0.367. The summed E-state index contributed by atoms with van der Waals surface area (Å²) in [7, 11) is 4.20. The maximum atomic E-state index is 11.7. The highest BCUT2D eigenvalue weighted by molar-refractivity contribution is 5.79. The molecule has 7 nitrogen and oxygen atoms in total. The number of carboxylic acids is 1. The third-order valence-corrected chi connectivity index (χ3v) is 2.64. The van der Waals surface area contributed by atoms with Crippen LogP contribution < -0.4 is 14.8 Å². The van der Waals surface area contributed by atoms with Crippen LogP contribution in [0.5, 0.6) is 11.5 Å². The zero-order valence-corrected chi connectivity index (χ0v) is 11.5. The molecular formula is C13H17NO6. The van der Waals surface area contributed by atoms with Crippen molar-refractivity contribution in [3.63, 3.8) is 0 Å². The van der Waals surface area contributed by atoms with E-state index in [0.717, 1.165) is 0 Å². The molecule has 1 rings (SSSR count). The Bertz CT molecular complexity index is 488. The van der Waals surface area contributed by atoms with Gasteiger partial charge in [-0.3, -0.25) is 10.1 Å². The molecule has 0 amide bonds. The van der Waals surface area contributed by atoms with Crippen LogP contribution in [-0.2, 0) is 14.3 Å². The number of benzene rings is 1. The van der Waals surface area contributed by atoms with Crippen molar-refractivity contribution in [3.05, 3.63) is 23.8 Å². The van der Waals surface area contributed by atoms with Crippen LogP contribution in [0.4, 0.5) is 0 Å². The molecule has 0 saturated carbocycles. The number of rotatable bonds is 7. The molecule has 1 unspecified atom stereocenters. The fraction of sp³-hybridized carbons (Fsp3) is 0.385. The molecule has 0 saturated heterocycles. The lowest BCUT2D eigenvalue weighted by atomic mass is 10.1. The summed E-state index contributed by atoms with van der Waals surface area (Å²) in [6.07, 6.45) is 0. The number of hydrogen-bond donors (Lipinski definition) is 2. The van der Waals surface area contributed by atoms with Gasteiger partial charge in [-0.05, 0) is 17.7 Å². The van der Waals surface area contributed by atoms with Gasteiger partial charge in [0, 0.05) is 0 Å². The van der Waals surface area contributed by atoms with Gasteiger partial charge >= 0.3 is 11.9 Å². The second-order valence-electron chi connectivity index (χ2n) is 3.85. The van der Waals surface area contributed by atoms with Crippen LogP contribution in [0, 0.1) is 0 Å². The molecule has 0 heterocycles. The fourth-order valence-electron chi connectivity index (χ4n) is 1.68. The summed E-state index contributed by atoms with van der Waals surface area (Å²) in [4.78, 5) is 22.3. The molecule has 0 fully saturated rings. The number of esters is 1. The number of methoxy groups -OCH3 is 3. The smallest absolute Gasteiger partial charge is 0.327 e. The minimum atomic E-state index is -1.07. The van der Waals surface area contributed by atoms with Crippen molar-refractivity contribution in [1.29, 1.82) is 0 Å². The Morgan fingerprint density at radius 1 is 1.20 bits per heavy atom. The molecule has 1 aromatic carbocycles. The summed E-state index contributed by atoms with van der Waals surface area (Å²) in [6.45, 7) is -0.367. The largest absolute Gasteiger partial charge is 0.493 e. The van der Waals surface area contributed by atoms with E-state index in [4.69, 9.17) is 14.6 Å². The lowest BCUT2D eigenvalue weighted by molar-refractivity contribution is -0.143. The highest BCUT2D eigenvalue weighted by atomic mass is 16.5. The van der Waals surface area contributed by atoms with Crippen molar-refractivity contribution in [2.75, 3.05) is 27.9 Å². The molecule has 0 aliphatic carbocycles. The maximum Gasteiger partial charge on any atom is 0.327 e. The second kappa shape index (κ2) is 7.34. The van der Waals surface area contributed by atoms with E-state index >= 15 is 0 Å². The number of nitrogens with one attached hydrogen (secondary N) is 1. The number of ether oxygens (including phenoxy) is 3. The van der Waals surface area contributed by atoms with Crippen molar-refractivity contribution in [2.24, 2.45) is 0 Å². The van der Waals surface area contributed by atoms with Crippen LogP contribution in [0.2, 0.25) is 0 Å². The van der Waals surface area contributed by atoms with Crippen LogP contribution in [0.15, 0.2) is 18.2 Å². The average molecular weight is 283 g/mol. The number of carboxylic acid groups (broad SMARTS) is 1. The first-order chi connectivity index (χ1) is 9.53. The van der Waals surface area contributed by atoms with Crippen LogP contribution >= 0.6 is 0 Å². The van der Waals surface area contributed by atoms with Gasteiger partial charge in [-0.25, -0.2) is 4.79 Å². The fourth-order valence-corrected chi connectivity index (χ4v) is 1.68. The Hall–Kier alpha value is -2.28. The van der Waals surface area contributed by atoms with E-state index in [1.807, 2.05) is 0 Å². The molecule has 20 heavy (non-hydrogen) atoms. The standard InChI is InChI=1S/C13H17NO6/c1-18-9-5-4-8(6-10(9)19-2)12(13(17)20-3)14-7-11(15)16/h4-6,12,14H,7H2,1-3H3,(H,15,16). The molecule has 0 spiro atoms. The zero-order chi connectivity index (χ0) is 15.1. The summed E-state index contributed by atoms with van der Waals surface area (Å²) in [5.74, 6) is -0.702. The van der Waals surface area contributed by atoms with E-state index < -0.39 is 18.0 Å².